The molecule has 0 radical (unpaired) electrons. The van der Waals surface area contributed by atoms with E-state index in [1.54, 1.807) is 18.3 Å². The number of rotatable bonds is 6. The highest BCUT2D eigenvalue weighted by atomic mass is 19.1. The van der Waals surface area contributed by atoms with E-state index < -0.39 is 0 Å². The molecule has 0 aliphatic carbocycles. The van der Waals surface area contributed by atoms with Gasteiger partial charge in [-0.05, 0) is 36.4 Å². The van der Waals surface area contributed by atoms with Gasteiger partial charge in [-0.25, -0.2) is 9.37 Å². The Morgan fingerprint density at radius 3 is 2.74 bits per heavy atom. The number of pyridine rings is 1. The maximum Gasteiger partial charge on any atom is 0.414 e. The summed E-state index contributed by atoms with van der Waals surface area (Å²) in [5.74, 6) is 0.448. The van der Waals surface area contributed by atoms with Crippen molar-refractivity contribution in [2.75, 3.05) is 13.2 Å². The zero-order valence-corrected chi connectivity index (χ0v) is 11.8. The van der Waals surface area contributed by atoms with Crippen LogP contribution in [0.1, 0.15) is 0 Å². The number of halogens is 1. The SMILES string of the molecule is OCCOc1nnc(-c2cccnc2Oc2ccc(F)cc2)o1. The molecule has 0 saturated heterocycles. The molecule has 0 atom stereocenters. The van der Waals surface area contributed by atoms with Gasteiger partial charge in [0.2, 0.25) is 5.88 Å². The lowest BCUT2D eigenvalue weighted by atomic mass is 10.2. The summed E-state index contributed by atoms with van der Waals surface area (Å²) in [5, 5.41) is 16.3. The van der Waals surface area contributed by atoms with Crippen molar-refractivity contribution < 1.29 is 23.4 Å². The summed E-state index contributed by atoms with van der Waals surface area (Å²) in [6.07, 6.45) is 1.48. The molecule has 0 unspecified atom stereocenters. The minimum Gasteiger partial charge on any atom is -0.447 e. The predicted molar refractivity (Wildman–Crippen MR) is 76.6 cm³/mol. The van der Waals surface area contributed by atoms with Crippen LogP contribution in [0.5, 0.6) is 17.7 Å². The third-order valence-electron chi connectivity index (χ3n) is 2.75. The lowest BCUT2D eigenvalue weighted by Crippen LogP contribution is -2.01. The van der Waals surface area contributed by atoms with Crippen LogP contribution in [0.25, 0.3) is 11.5 Å². The molecule has 118 valence electrons. The first-order valence-corrected chi connectivity index (χ1v) is 6.72. The van der Waals surface area contributed by atoms with E-state index >= 15 is 0 Å². The Balaban J connectivity index is 1.85. The standard InChI is InChI=1S/C15H12FN3O4/c16-10-3-5-11(6-4-10)22-13-12(2-1-7-17-13)14-18-19-15(23-14)21-9-8-20/h1-7,20H,8-9H2. The van der Waals surface area contributed by atoms with Gasteiger partial charge in [0.05, 0.1) is 6.61 Å². The molecular weight excluding hydrogens is 305 g/mol. The fraction of sp³-hybridized carbons (Fsp3) is 0.133. The van der Waals surface area contributed by atoms with Crippen LogP contribution in [0.4, 0.5) is 4.39 Å². The van der Waals surface area contributed by atoms with E-state index in [1.807, 2.05) is 0 Å². The largest absolute Gasteiger partial charge is 0.447 e. The Hall–Kier alpha value is -3.00. The molecule has 0 aliphatic rings. The van der Waals surface area contributed by atoms with E-state index in [1.165, 1.54) is 24.3 Å². The van der Waals surface area contributed by atoms with Crippen LogP contribution >= 0.6 is 0 Å². The van der Waals surface area contributed by atoms with Gasteiger partial charge in [0.25, 0.3) is 5.89 Å². The van der Waals surface area contributed by atoms with Crippen molar-refractivity contribution in [3.63, 3.8) is 0 Å². The first-order chi connectivity index (χ1) is 11.3. The van der Waals surface area contributed by atoms with Crippen LogP contribution in [-0.4, -0.2) is 33.5 Å². The van der Waals surface area contributed by atoms with Gasteiger partial charge in [0, 0.05) is 6.20 Å². The Bertz CT molecular complexity index is 776. The van der Waals surface area contributed by atoms with Crippen LogP contribution in [0.2, 0.25) is 0 Å². The second-order valence-corrected chi connectivity index (χ2v) is 4.36. The molecule has 0 aliphatic heterocycles. The zero-order valence-electron chi connectivity index (χ0n) is 11.8. The van der Waals surface area contributed by atoms with Crippen molar-refractivity contribution >= 4 is 0 Å². The van der Waals surface area contributed by atoms with Crippen molar-refractivity contribution in [2.24, 2.45) is 0 Å². The van der Waals surface area contributed by atoms with Crippen LogP contribution in [0.3, 0.4) is 0 Å². The van der Waals surface area contributed by atoms with Gasteiger partial charge in [-0.1, -0.05) is 5.10 Å². The highest BCUT2D eigenvalue weighted by molar-refractivity contribution is 5.60. The van der Waals surface area contributed by atoms with Crippen LogP contribution < -0.4 is 9.47 Å². The molecule has 0 saturated carbocycles. The van der Waals surface area contributed by atoms with Gasteiger partial charge in [-0.2, -0.15) is 0 Å². The van der Waals surface area contributed by atoms with Crippen LogP contribution in [-0.2, 0) is 0 Å². The van der Waals surface area contributed by atoms with Gasteiger partial charge in [0.15, 0.2) is 0 Å². The van der Waals surface area contributed by atoms with E-state index in [2.05, 4.69) is 15.2 Å². The number of hydrogen-bond donors (Lipinski definition) is 1. The number of nitrogens with zero attached hydrogens (tertiary/aromatic N) is 3. The number of ether oxygens (including phenoxy) is 2. The lowest BCUT2D eigenvalue weighted by molar-refractivity contribution is 0.166. The fourth-order valence-electron chi connectivity index (χ4n) is 1.76. The molecule has 0 fully saturated rings. The summed E-state index contributed by atoms with van der Waals surface area (Å²) in [6.45, 7) is -0.114. The summed E-state index contributed by atoms with van der Waals surface area (Å²) in [6, 6.07) is 8.91. The molecule has 2 heterocycles. The normalized spacial score (nSPS) is 10.5. The van der Waals surface area contributed by atoms with Gasteiger partial charge in [0.1, 0.15) is 23.7 Å². The molecule has 23 heavy (non-hydrogen) atoms. The maximum absolute atomic E-state index is 12.9. The Labute approximate surface area is 130 Å². The zero-order chi connectivity index (χ0) is 16.1. The van der Waals surface area contributed by atoms with Crippen molar-refractivity contribution in [1.82, 2.24) is 15.2 Å². The summed E-state index contributed by atoms with van der Waals surface area (Å²) in [5.41, 5.74) is 0.461. The molecule has 3 aromatic rings. The molecule has 7 nitrogen and oxygen atoms in total. The summed E-state index contributed by atoms with van der Waals surface area (Å²) in [7, 11) is 0. The topological polar surface area (TPSA) is 90.5 Å². The van der Waals surface area contributed by atoms with Crippen molar-refractivity contribution in [3.8, 4) is 29.2 Å². The van der Waals surface area contributed by atoms with Crippen molar-refractivity contribution in [2.45, 2.75) is 0 Å². The van der Waals surface area contributed by atoms with Crippen LogP contribution in [0.15, 0.2) is 47.0 Å². The number of aliphatic hydroxyl groups is 1. The predicted octanol–water partition coefficient (Wildman–Crippen LogP) is 2.43. The molecule has 0 bridgehead atoms. The first-order valence-electron chi connectivity index (χ1n) is 6.72. The number of aliphatic hydroxyl groups excluding tert-OH is 1. The number of hydrogen-bond acceptors (Lipinski definition) is 7. The quantitative estimate of drug-likeness (QED) is 0.746. The minimum atomic E-state index is -0.360. The monoisotopic (exact) mass is 317 g/mol. The molecule has 8 heteroatoms. The van der Waals surface area contributed by atoms with Gasteiger partial charge in [-0.3, -0.25) is 0 Å². The Morgan fingerprint density at radius 2 is 1.96 bits per heavy atom. The van der Waals surface area contributed by atoms with Crippen LogP contribution in [0, 0.1) is 5.82 Å². The highest BCUT2D eigenvalue weighted by Crippen LogP contribution is 2.31. The minimum absolute atomic E-state index is 0.0492. The molecule has 1 aromatic carbocycles. The molecule has 2 aromatic heterocycles. The summed E-state index contributed by atoms with van der Waals surface area (Å²) >= 11 is 0. The molecule has 0 amide bonds. The number of aromatic nitrogens is 3. The van der Waals surface area contributed by atoms with E-state index in [-0.39, 0.29) is 36.9 Å². The van der Waals surface area contributed by atoms with Gasteiger partial charge >= 0.3 is 6.08 Å². The van der Waals surface area contributed by atoms with E-state index in [4.69, 9.17) is 19.0 Å². The van der Waals surface area contributed by atoms with Gasteiger partial charge in [-0.15, -0.1) is 5.10 Å². The maximum atomic E-state index is 12.9. The molecule has 3 rings (SSSR count). The summed E-state index contributed by atoms with van der Waals surface area (Å²) in [4.78, 5) is 4.12. The Kier molecular flexibility index (Phi) is 4.44. The second kappa shape index (κ2) is 6.84. The highest BCUT2D eigenvalue weighted by Gasteiger charge is 2.16. The average molecular weight is 317 g/mol. The third kappa shape index (κ3) is 3.61. The Morgan fingerprint density at radius 1 is 1.13 bits per heavy atom. The second-order valence-electron chi connectivity index (χ2n) is 4.36. The van der Waals surface area contributed by atoms with E-state index in [0.29, 0.717) is 11.3 Å². The van der Waals surface area contributed by atoms with E-state index in [0.717, 1.165) is 0 Å². The first kappa shape index (κ1) is 14.9. The average Bonchev–Trinajstić information content (AvgIpc) is 3.04. The number of benzene rings is 1. The molecule has 0 spiro atoms. The lowest BCUT2D eigenvalue weighted by Gasteiger charge is -2.07. The summed E-state index contributed by atoms with van der Waals surface area (Å²) < 4.78 is 28.9. The van der Waals surface area contributed by atoms with E-state index in [9.17, 15) is 4.39 Å². The van der Waals surface area contributed by atoms with Crippen molar-refractivity contribution in [1.29, 1.82) is 0 Å². The third-order valence-corrected chi connectivity index (χ3v) is 2.75. The fourth-order valence-corrected chi connectivity index (χ4v) is 1.76. The molecular formula is C15H12FN3O4. The smallest absolute Gasteiger partial charge is 0.414 e. The van der Waals surface area contributed by atoms with Crippen molar-refractivity contribution in [3.05, 3.63) is 48.4 Å². The molecule has 1 N–H and O–H groups in total. The van der Waals surface area contributed by atoms with Gasteiger partial charge < -0.3 is 19.0 Å².